The Balaban J connectivity index is 3.12. The summed E-state index contributed by atoms with van der Waals surface area (Å²) in [6, 6.07) is 6.75. The van der Waals surface area contributed by atoms with Gasteiger partial charge in [0.15, 0.2) is 0 Å². The van der Waals surface area contributed by atoms with Gasteiger partial charge in [-0.15, -0.1) is 7.05 Å². The van der Waals surface area contributed by atoms with Gasteiger partial charge in [0, 0.05) is 0 Å². The fourth-order valence-electron chi connectivity index (χ4n) is 0.870. The van der Waals surface area contributed by atoms with E-state index in [9.17, 15) is 4.79 Å². The SMILES string of the molecule is [CH2-][NH2+]c1ccccc1C(=O)O. The van der Waals surface area contributed by atoms with Gasteiger partial charge in [-0.05, 0) is 12.1 Å². The van der Waals surface area contributed by atoms with Gasteiger partial charge >= 0.3 is 5.97 Å². The summed E-state index contributed by atoms with van der Waals surface area (Å²) in [6.07, 6.45) is 0. The Kier molecular flexibility index (Phi) is 2.23. The van der Waals surface area contributed by atoms with Crippen molar-refractivity contribution in [3.63, 3.8) is 0 Å². The van der Waals surface area contributed by atoms with Crippen molar-refractivity contribution in [3.8, 4) is 0 Å². The Labute approximate surface area is 64.7 Å². The van der Waals surface area contributed by atoms with E-state index >= 15 is 0 Å². The van der Waals surface area contributed by atoms with Gasteiger partial charge in [0.1, 0.15) is 11.3 Å². The average molecular weight is 151 g/mol. The third-order valence-corrected chi connectivity index (χ3v) is 1.41. The molecule has 3 N–H and O–H groups in total. The molecule has 0 saturated heterocycles. The molecule has 3 nitrogen and oxygen atoms in total. The highest BCUT2D eigenvalue weighted by Gasteiger charge is 2.07. The van der Waals surface area contributed by atoms with Crippen molar-refractivity contribution in [3.05, 3.63) is 36.9 Å². The van der Waals surface area contributed by atoms with Crippen LogP contribution in [0, 0.1) is 7.05 Å². The Bertz CT molecular complexity index is 271. The van der Waals surface area contributed by atoms with E-state index in [0.29, 0.717) is 11.3 Å². The first-order chi connectivity index (χ1) is 5.25. The van der Waals surface area contributed by atoms with Crippen LogP contribution >= 0.6 is 0 Å². The standard InChI is InChI=1S/C8H9NO2/c1-9-7-5-3-2-4-6(7)8(10)11/h2-5H,1,9H2,(H,10,11). The van der Waals surface area contributed by atoms with Crippen molar-refractivity contribution in [1.29, 1.82) is 0 Å². The van der Waals surface area contributed by atoms with E-state index in [1.165, 1.54) is 5.32 Å². The Hall–Kier alpha value is -1.35. The maximum Gasteiger partial charge on any atom is 0.341 e. The molecule has 11 heavy (non-hydrogen) atoms. The second-order valence-electron chi connectivity index (χ2n) is 2.10. The van der Waals surface area contributed by atoms with Gasteiger partial charge in [0.2, 0.25) is 0 Å². The Morgan fingerprint density at radius 2 is 2.09 bits per heavy atom. The number of rotatable bonds is 2. The zero-order chi connectivity index (χ0) is 8.27. The molecule has 0 amide bonds. The molecule has 0 saturated carbocycles. The molecule has 0 aromatic heterocycles. The first-order valence-electron chi connectivity index (χ1n) is 3.20. The smallest absolute Gasteiger partial charge is 0.341 e. The van der Waals surface area contributed by atoms with Crippen molar-refractivity contribution in [1.82, 2.24) is 0 Å². The molecule has 58 valence electrons. The third kappa shape index (κ3) is 1.56. The second kappa shape index (κ2) is 3.16. The molecule has 0 unspecified atom stereocenters. The van der Waals surface area contributed by atoms with Crippen LogP contribution in [-0.4, -0.2) is 11.1 Å². The summed E-state index contributed by atoms with van der Waals surface area (Å²) in [7, 11) is 3.51. The zero-order valence-electron chi connectivity index (χ0n) is 5.95. The van der Waals surface area contributed by atoms with E-state index in [2.05, 4.69) is 7.05 Å². The molecule has 0 aliphatic carbocycles. The van der Waals surface area contributed by atoms with Crippen molar-refractivity contribution < 1.29 is 15.2 Å². The predicted octanol–water partition coefficient (Wildman–Crippen LogP) is 0.371. The summed E-state index contributed by atoms with van der Waals surface area (Å²) in [6.45, 7) is 0. The van der Waals surface area contributed by atoms with Crippen LogP contribution in [0.3, 0.4) is 0 Å². The molecule has 1 aromatic rings. The molecule has 3 heteroatoms. The maximum absolute atomic E-state index is 10.5. The van der Waals surface area contributed by atoms with Crippen LogP contribution in [0.1, 0.15) is 10.4 Å². The lowest BCUT2D eigenvalue weighted by atomic mass is 10.2. The van der Waals surface area contributed by atoms with E-state index in [1.807, 2.05) is 0 Å². The normalized spacial score (nSPS) is 9.55. The van der Waals surface area contributed by atoms with Crippen LogP contribution in [0.25, 0.3) is 0 Å². The summed E-state index contributed by atoms with van der Waals surface area (Å²) in [5.41, 5.74) is 0.947. The van der Waals surface area contributed by atoms with Crippen LogP contribution < -0.4 is 5.32 Å². The number of carbonyl (C=O) groups is 1. The fraction of sp³-hybridized carbons (Fsp3) is 0. The van der Waals surface area contributed by atoms with Crippen LogP contribution in [-0.2, 0) is 0 Å². The number of carboxylic acid groups (broad SMARTS) is 1. The molecule has 0 bridgehead atoms. The van der Waals surface area contributed by atoms with Crippen LogP contribution in [0.4, 0.5) is 5.69 Å². The van der Waals surface area contributed by atoms with E-state index < -0.39 is 5.97 Å². The van der Waals surface area contributed by atoms with Gasteiger partial charge in [-0.1, -0.05) is 12.1 Å². The van der Waals surface area contributed by atoms with E-state index in [4.69, 9.17) is 5.11 Å². The first kappa shape index (κ1) is 7.75. The molecule has 0 aliphatic rings. The number of aromatic carboxylic acids is 1. The highest BCUT2D eigenvalue weighted by Crippen LogP contribution is 2.07. The minimum absolute atomic E-state index is 0.294. The molecular weight excluding hydrogens is 142 g/mol. The number of hydrogen-bond acceptors (Lipinski definition) is 1. The number of benzene rings is 1. The van der Waals surface area contributed by atoms with E-state index in [0.717, 1.165) is 0 Å². The van der Waals surface area contributed by atoms with Crippen molar-refractivity contribution in [2.24, 2.45) is 0 Å². The molecule has 0 heterocycles. The minimum Gasteiger partial charge on any atom is -0.477 e. The molecular formula is C8H9NO2. The average Bonchev–Trinajstić information content (AvgIpc) is 2.04. The molecule has 0 aliphatic heterocycles. The summed E-state index contributed by atoms with van der Waals surface area (Å²) < 4.78 is 0. The highest BCUT2D eigenvalue weighted by atomic mass is 16.4. The summed E-state index contributed by atoms with van der Waals surface area (Å²) in [5.74, 6) is -0.916. The van der Waals surface area contributed by atoms with Crippen LogP contribution in [0.5, 0.6) is 0 Å². The largest absolute Gasteiger partial charge is 0.477 e. The van der Waals surface area contributed by atoms with Gasteiger partial charge in [-0.25, -0.2) is 4.79 Å². The summed E-state index contributed by atoms with van der Waals surface area (Å²) in [5, 5.41) is 10.2. The summed E-state index contributed by atoms with van der Waals surface area (Å²) >= 11 is 0. The third-order valence-electron chi connectivity index (χ3n) is 1.41. The van der Waals surface area contributed by atoms with E-state index in [1.54, 1.807) is 24.3 Å². The van der Waals surface area contributed by atoms with Crippen molar-refractivity contribution in [2.75, 3.05) is 0 Å². The van der Waals surface area contributed by atoms with Gasteiger partial charge in [-0.3, -0.25) is 0 Å². The highest BCUT2D eigenvalue weighted by molar-refractivity contribution is 5.92. The number of carboxylic acids is 1. The number of nitrogens with two attached hydrogens (primary N) is 1. The van der Waals surface area contributed by atoms with Gasteiger partial charge in [0.25, 0.3) is 0 Å². The molecule has 1 aromatic carbocycles. The second-order valence-corrected chi connectivity index (χ2v) is 2.10. The molecule has 1 rings (SSSR count). The van der Waals surface area contributed by atoms with Gasteiger partial charge < -0.3 is 10.4 Å². The molecule has 0 atom stereocenters. The number of hydrogen-bond donors (Lipinski definition) is 2. The van der Waals surface area contributed by atoms with Crippen LogP contribution in [0.15, 0.2) is 24.3 Å². The molecule has 0 fully saturated rings. The molecule has 0 radical (unpaired) electrons. The van der Waals surface area contributed by atoms with Crippen LogP contribution in [0.2, 0.25) is 0 Å². The Morgan fingerprint density at radius 3 is 2.55 bits per heavy atom. The minimum atomic E-state index is -0.916. The first-order valence-corrected chi connectivity index (χ1v) is 3.20. The summed E-state index contributed by atoms with van der Waals surface area (Å²) in [4.78, 5) is 10.5. The lowest BCUT2D eigenvalue weighted by Crippen LogP contribution is -2.70. The van der Waals surface area contributed by atoms with Crippen molar-refractivity contribution in [2.45, 2.75) is 0 Å². The predicted molar refractivity (Wildman–Crippen MR) is 40.3 cm³/mol. The van der Waals surface area contributed by atoms with Crippen molar-refractivity contribution >= 4 is 11.7 Å². The zero-order valence-corrected chi connectivity index (χ0v) is 5.95. The van der Waals surface area contributed by atoms with E-state index in [-0.39, 0.29) is 0 Å². The topological polar surface area (TPSA) is 53.9 Å². The lowest BCUT2D eigenvalue weighted by Gasteiger charge is -2.01. The molecule has 0 spiro atoms. The lowest BCUT2D eigenvalue weighted by molar-refractivity contribution is -0.504. The number of quaternary nitrogens is 1. The fourth-order valence-corrected chi connectivity index (χ4v) is 0.870. The monoisotopic (exact) mass is 151 g/mol. The maximum atomic E-state index is 10.5. The quantitative estimate of drug-likeness (QED) is 0.474. The number of para-hydroxylation sites is 1. The Morgan fingerprint density at radius 1 is 1.45 bits per heavy atom. The van der Waals surface area contributed by atoms with Gasteiger partial charge in [-0.2, -0.15) is 0 Å². The van der Waals surface area contributed by atoms with Gasteiger partial charge in [0.05, 0.1) is 0 Å².